The summed E-state index contributed by atoms with van der Waals surface area (Å²) in [6, 6.07) is 15.3. The number of fused-ring (bicyclic) bond motifs is 4. The fraction of sp³-hybridized carbons (Fsp3) is 0.444. The van der Waals surface area contributed by atoms with Gasteiger partial charge in [-0.25, -0.2) is 9.59 Å². The molecule has 0 spiro atoms. The second-order valence-electron chi connectivity index (χ2n) is 10.0. The van der Waals surface area contributed by atoms with E-state index in [0.29, 0.717) is 13.0 Å². The molecule has 1 saturated carbocycles. The number of amides is 2. The van der Waals surface area contributed by atoms with Crippen LogP contribution in [0.1, 0.15) is 36.3 Å². The first-order chi connectivity index (χ1) is 16.8. The van der Waals surface area contributed by atoms with Crippen LogP contribution in [0.5, 0.6) is 0 Å². The van der Waals surface area contributed by atoms with E-state index in [-0.39, 0.29) is 30.9 Å². The zero-order valence-electron chi connectivity index (χ0n) is 20.1. The van der Waals surface area contributed by atoms with Crippen LogP contribution in [0.15, 0.2) is 48.5 Å². The Morgan fingerprint density at radius 3 is 2.34 bits per heavy atom. The molecule has 0 bridgehead atoms. The molecule has 2 amide bonds. The van der Waals surface area contributed by atoms with Crippen LogP contribution >= 0.6 is 0 Å². The van der Waals surface area contributed by atoms with Gasteiger partial charge in [0.05, 0.1) is 0 Å². The summed E-state index contributed by atoms with van der Waals surface area (Å²) < 4.78 is 5.64. The van der Waals surface area contributed by atoms with Crippen molar-refractivity contribution in [1.82, 2.24) is 15.1 Å². The van der Waals surface area contributed by atoms with E-state index in [1.165, 1.54) is 4.90 Å². The Hall–Kier alpha value is -3.39. The Labute approximate surface area is 204 Å². The molecular formula is C27H31N3O5. The molecule has 184 valence electrons. The zero-order valence-corrected chi connectivity index (χ0v) is 20.1. The summed E-state index contributed by atoms with van der Waals surface area (Å²) in [7, 11) is 3.62. The fourth-order valence-corrected chi connectivity index (χ4v) is 5.89. The van der Waals surface area contributed by atoms with Gasteiger partial charge in [0, 0.05) is 19.0 Å². The minimum absolute atomic E-state index is 0.00726. The molecule has 2 N–H and O–H groups in total. The second kappa shape index (κ2) is 9.00. The van der Waals surface area contributed by atoms with E-state index >= 15 is 0 Å². The zero-order chi connectivity index (χ0) is 24.7. The Morgan fingerprint density at radius 1 is 1.11 bits per heavy atom. The summed E-state index contributed by atoms with van der Waals surface area (Å²) in [6.07, 6.45) is 1.38. The highest BCUT2D eigenvalue weighted by Gasteiger charge is 2.67. The first-order valence-corrected chi connectivity index (χ1v) is 12.1. The molecule has 35 heavy (non-hydrogen) atoms. The standard InChI is InChI=1S/C27H31N3O5/c1-29(2)15-23(24(31)30-13-7-8-17-14-27(17,30)25(32)33)28-26(34)35-16-22-20-11-5-3-9-18(20)19-10-4-6-12-21(19)22/h3-6,9-12,17,22-23H,7-8,13-16H2,1-2H3,(H,28,34)(H,32,33). The van der Waals surface area contributed by atoms with Crippen LogP contribution in [0.25, 0.3) is 11.1 Å². The number of alkyl carbamates (subject to hydrolysis) is 1. The lowest BCUT2D eigenvalue weighted by atomic mass is 9.98. The smallest absolute Gasteiger partial charge is 0.407 e. The minimum atomic E-state index is -1.12. The first-order valence-electron chi connectivity index (χ1n) is 12.1. The van der Waals surface area contributed by atoms with Crippen LogP contribution < -0.4 is 5.32 Å². The molecule has 2 aromatic rings. The van der Waals surface area contributed by atoms with Gasteiger partial charge in [0.2, 0.25) is 5.91 Å². The third-order valence-electron chi connectivity index (χ3n) is 7.61. The number of likely N-dealkylation sites (tertiary alicyclic amines) is 1. The molecule has 0 radical (unpaired) electrons. The maximum atomic E-state index is 13.5. The topological polar surface area (TPSA) is 99.2 Å². The van der Waals surface area contributed by atoms with Crippen molar-refractivity contribution in [2.75, 3.05) is 33.8 Å². The predicted molar refractivity (Wildman–Crippen MR) is 130 cm³/mol. The molecule has 1 saturated heterocycles. The van der Waals surface area contributed by atoms with Gasteiger partial charge in [0.1, 0.15) is 18.2 Å². The van der Waals surface area contributed by atoms with Crippen molar-refractivity contribution in [3.05, 3.63) is 59.7 Å². The van der Waals surface area contributed by atoms with Crippen molar-refractivity contribution in [2.24, 2.45) is 5.92 Å². The number of nitrogens with zero attached hydrogens (tertiary/aromatic N) is 2. The Balaban J connectivity index is 1.29. The van der Waals surface area contributed by atoms with E-state index in [4.69, 9.17) is 4.74 Å². The van der Waals surface area contributed by atoms with E-state index in [0.717, 1.165) is 35.1 Å². The van der Waals surface area contributed by atoms with Gasteiger partial charge >= 0.3 is 12.1 Å². The molecule has 3 unspecified atom stereocenters. The summed E-state index contributed by atoms with van der Waals surface area (Å²) in [4.78, 5) is 41.6. The van der Waals surface area contributed by atoms with Crippen LogP contribution in [-0.2, 0) is 14.3 Å². The molecule has 2 aromatic carbocycles. The number of carbonyl (C=O) groups excluding carboxylic acids is 2. The van der Waals surface area contributed by atoms with Crippen molar-refractivity contribution in [3.63, 3.8) is 0 Å². The summed E-state index contributed by atoms with van der Waals surface area (Å²) in [6.45, 7) is 0.783. The molecular weight excluding hydrogens is 446 g/mol. The number of hydrogen-bond acceptors (Lipinski definition) is 5. The Bertz CT molecular complexity index is 1120. The molecule has 3 atom stereocenters. The number of carbonyl (C=O) groups is 3. The van der Waals surface area contributed by atoms with Gasteiger partial charge in [0.25, 0.3) is 0 Å². The quantitative estimate of drug-likeness (QED) is 0.636. The number of nitrogens with one attached hydrogen (secondary N) is 1. The van der Waals surface area contributed by atoms with Crippen LogP contribution in [0, 0.1) is 5.92 Å². The molecule has 1 heterocycles. The van der Waals surface area contributed by atoms with Crippen molar-refractivity contribution >= 4 is 18.0 Å². The van der Waals surface area contributed by atoms with Gasteiger partial charge in [-0.3, -0.25) is 4.79 Å². The van der Waals surface area contributed by atoms with Crippen LogP contribution in [-0.4, -0.2) is 78.2 Å². The molecule has 1 aliphatic heterocycles. The van der Waals surface area contributed by atoms with Crippen LogP contribution in [0.2, 0.25) is 0 Å². The molecule has 0 aromatic heterocycles. The lowest BCUT2D eigenvalue weighted by Crippen LogP contribution is -2.59. The third kappa shape index (κ3) is 4.05. The predicted octanol–water partition coefficient (Wildman–Crippen LogP) is 2.92. The maximum Gasteiger partial charge on any atom is 0.407 e. The number of carboxylic acid groups (broad SMARTS) is 1. The Kier molecular flexibility index (Phi) is 6.01. The average molecular weight is 478 g/mol. The number of hydrogen-bond donors (Lipinski definition) is 2. The number of piperidine rings is 1. The lowest BCUT2D eigenvalue weighted by molar-refractivity contribution is -0.155. The first kappa shape index (κ1) is 23.4. The van der Waals surface area contributed by atoms with Crippen molar-refractivity contribution in [1.29, 1.82) is 0 Å². The number of rotatable bonds is 7. The SMILES string of the molecule is CN(C)CC(NC(=O)OCC1c2ccccc2-c2ccccc21)C(=O)N1CCCC2CC21C(=O)O. The van der Waals surface area contributed by atoms with Crippen LogP contribution in [0.3, 0.4) is 0 Å². The molecule has 8 heteroatoms. The number of aliphatic carboxylic acids is 1. The monoisotopic (exact) mass is 477 g/mol. The summed E-state index contributed by atoms with van der Waals surface area (Å²) in [5.74, 6) is -1.41. The highest BCUT2D eigenvalue weighted by molar-refractivity contribution is 5.94. The molecule has 2 fully saturated rings. The van der Waals surface area contributed by atoms with E-state index in [1.54, 1.807) is 4.90 Å². The van der Waals surface area contributed by atoms with Gasteiger partial charge in [-0.05, 0) is 61.5 Å². The number of carboxylic acids is 1. The highest BCUT2D eigenvalue weighted by atomic mass is 16.5. The van der Waals surface area contributed by atoms with E-state index in [9.17, 15) is 19.5 Å². The largest absolute Gasteiger partial charge is 0.479 e. The van der Waals surface area contributed by atoms with Crippen LogP contribution in [0.4, 0.5) is 4.79 Å². The second-order valence-corrected chi connectivity index (χ2v) is 10.0. The minimum Gasteiger partial charge on any atom is -0.479 e. The van der Waals surface area contributed by atoms with E-state index < -0.39 is 23.6 Å². The van der Waals surface area contributed by atoms with Gasteiger partial charge in [0.15, 0.2) is 0 Å². The fourth-order valence-electron chi connectivity index (χ4n) is 5.89. The van der Waals surface area contributed by atoms with Gasteiger partial charge in [-0.15, -0.1) is 0 Å². The number of likely N-dealkylation sites (N-methyl/N-ethyl adjacent to an activating group) is 1. The van der Waals surface area contributed by atoms with Crippen molar-refractivity contribution in [3.8, 4) is 11.1 Å². The van der Waals surface area contributed by atoms with E-state index in [2.05, 4.69) is 17.4 Å². The number of ether oxygens (including phenoxy) is 1. The van der Waals surface area contributed by atoms with Crippen molar-refractivity contribution in [2.45, 2.75) is 36.8 Å². The normalized spacial score (nSPS) is 23.2. The summed E-state index contributed by atoms with van der Waals surface area (Å²) in [5, 5.41) is 12.6. The lowest BCUT2D eigenvalue weighted by Gasteiger charge is -2.36. The summed E-state index contributed by atoms with van der Waals surface area (Å²) in [5.41, 5.74) is 3.38. The van der Waals surface area contributed by atoms with Crippen molar-refractivity contribution < 1.29 is 24.2 Å². The third-order valence-corrected chi connectivity index (χ3v) is 7.61. The van der Waals surface area contributed by atoms with Gasteiger partial charge in [-0.1, -0.05) is 48.5 Å². The summed E-state index contributed by atoms with van der Waals surface area (Å²) >= 11 is 0. The molecule has 5 rings (SSSR count). The van der Waals surface area contributed by atoms with E-state index in [1.807, 2.05) is 50.5 Å². The molecule has 8 nitrogen and oxygen atoms in total. The Morgan fingerprint density at radius 2 is 1.74 bits per heavy atom. The highest BCUT2D eigenvalue weighted by Crippen LogP contribution is 2.54. The number of benzene rings is 2. The molecule has 2 aliphatic carbocycles. The van der Waals surface area contributed by atoms with Gasteiger partial charge in [-0.2, -0.15) is 0 Å². The molecule has 3 aliphatic rings. The van der Waals surface area contributed by atoms with Gasteiger partial charge < -0.3 is 25.0 Å². The maximum absolute atomic E-state index is 13.5. The average Bonchev–Trinajstić information content (AvgIpc) is 3.53.